The van der Waals surface area contributed by atoms with Crippen molar-refractivity contribution in [2.75, 3.05) is 20.2 Å². The molecule has 0 unspecified atom stereocenters. The molecule has 0 saturated carbocycles. The van der Waals surface area contributed by atoms with E-state index in [-0.39, 0.29) is 30.8 Å². The minimum absolute atomic E-state index is 0.124. The zero-order chi connectivity index (χ0) is 22.1. The molecule has 1 N–H and O–H groups in total. The molecule has 0 bridgehead atoms. The summed E-state index contributed by atoms with van der Waals surface area (Å²) >= 11 is 0. The number of carbonyl (C=O) groups excluding carboxylic acids is 4. The third-order valence-electron chi connectivity index (χ3n) is 6.38. The number of amides is 3. The van der Waals surface area contributed by atoms with E-state index in [4.69, 9.17) is 4.74 Å². The van der Waals surface area contributed by atoms with E-state index in [0.29, 0.717) is 13.0 Å². The van der Waals surface area contributed by atoms with E-state index in [1.54, 1.807) is 11.8 Å². The first-order valence-corrected chi connectivity index (χ1v) is 10.3. The van der Waals surface area contributed by atoms with Crippen LogP contribution < -0.4 is 5.32 Å². The lowest BCUT2D eigenvalue weighted by molar-refractivity contribution is -0.154. The van der Waals surface area contributed by atoms with Gasteiger partial charge in [0.15, 0.2) is 0 Å². The molecule has 1 aromatic carbocycles. The molecular weight excluding hydrogens is 386 g/mol. The molecule has 2 fully saturated rings. The van der Waals surface area contributed by atoms with Gasteiger partial charge in [-0.3, -0.25) is 29.4 Å². The van der Waals surface area contributed by atoms with Crippen molar-refractivity contribution in [3.63, 3.8) is 0 Å². The molecule has 8 nitrogen and oxygen atoms in total. The Bertz CT molecular complexity index is 842. The van der Waals surface area contributed by atoms with E-state index in [1.807, 2.05) is 37.3 Å². The fourth-order valence-electron chi connectivity index (χ4n) is 4.82. The highest BCUT2D eigenvalue weighted by Crippen LogP contribution is 2.45. The zero-order valence-corrected chi connectivity index (χ0v) is 17.9. The Morgan fingerprint density at radius 3 is 2.37 bits per heavy atom. The van der Waals surface area contributed by atoms with Gasteiger partial charge in [0.25, 0.3) is 0 Å². The molecule has 3 amide bonds. The molecule has 2 aliphatic heterocycles. The molecule has 3 rings (SSSR count). The average Bonchev–Trinajstić information content (AvgIpc) is 3.21. The molecule has 0 spiro atoms. The fraction of sp³-hybridized carbons (Fsp3) is 0.545. The third-order valence-corrected chi connectivity index (χ3v) is 6.38. The topological polar surface area (TPSA) is 96.0 Å². The SMILES string of the molecule is CCN(C[C@H]1N[C@@](CC)(C(=O)OC)[C@H]2C(=O)N(Cc3ccccc3)C(=O)[C@@H]12)C(C)=O. The van der Waals surface area contributed by atoms with Crippen LogP contribution in [0.3, 0.4) is 0 Å². The van der Waals surface area contributed by atoms with Gasteiger partial charge in [-0.05, 0) is 18.9 Å². The highest BCUT2D eigenvalue weighted by Gasteiger charge is 2.67. The quantitative estimate of drug-likeness (QED) is 0.526. The van der Waals surface area contributed by atoms with Crippen LogP contribution in [-0.2, 0) is 30.5 Å². The number of hydrogen-bond acceptors (Lipinski definition) is 6. The number of imide groups is 1. The second-order valence-corrected chi connectivity index (χ2v) is 7.88. The predicted molar refractivity (Wildman–Crippen MR) is 109 cm³/mol. The molecule has 0 aromatic heterocycles. The molecule has 1 aromatic rings. The first-order chi connectivity index (χ1) is 14.3. The van der Waals surface area contributed by atoms with E-state index in [0.717, 1.165) is 5.56 Å². The molecule has 2 saturated heterocycles. The lowest BCUT2D eigenvalue weighted by Crippen LogP contribution is -2.58. The summed E-state index contributed by atoms with van der Waals surface area (Å²) in [6.07, 6.45) is 0.293. The summed E-state index contributed by atoms with van der Waals surface area (Å²) in [5.41, 5.74) is -0.457. The van der Waals surface area contributed by atoms with Crippen LogP contribution in [0.25, 0.3) is 0 Å². The standard InChI is InChI=1S/C22H29N3O5/c1-5-22(21(29)30-4)18-17(16(23-22)13-24(6-2)14(3)26)19(27)25(20(18)28)12-15-10-8-7-9-11-15/h7-11,16-18,23H,5-6,12-13H2,1-4H3/t16-,17+,18-,22-/m1/s1. The molecular formula is C22H29N3O5. The maximum Gasteiger partial charge on any atom is 0.326 e. The molecule has 8 heteroatoms. The van der Waals surface area contributed by atoms with Crippen molar-refractivity contribution in [2.45, 2.75) is 45.3 Å². The minimum atomic E-state index is -1.29. The number of methoxy groups -OCH3 is 1. The number of esters is 1. The smallest absolute Gasteiger partial charge is 0.326 e. The Morgan fingerprint density at radius 2 is 1.83 bits per heavy atom. The van der Waals surface area contributed by atoms with Crippen molar-refractivity contribution in [3.8, 4) is 0 Å². The van der Waals surface area contributed by atoms with E-state index in [9.17, 15) is 19.2 Å². The Morgan fingerprint density at radius 1 is 1.17 bits per heavy atom. The van der Waals surface area contributed by atoms with Gasteiger partial charge in [0.1, 0.15) is 5.54 Å². The van der Waals surface area contributed by atoms with Crippen molar-refractivity contribution < 1.29 is 23.9 Å². The van der Waals surface area contributed by atoms with Crippen LogP contribution >= 0.6 is 0 Å². The highest BCUT2D eigenvalue weighted by molar-refractivity contribution is 6.09. The van der Waals surface area contributed by atoms with Crippen LogP contribution in [0.4, 0.5) is 0 Å². The molecule has 2 heterocycles. The molecule has 2 aliphatic rings. The summed E-state index contributed by atoms with van der Waals surface area (Å²) in [6, 6.07) is 8.75. The van der Waals surface area contributed by atoms with Crippen molar-refractivity contribution >= 4 is 23.7 Å². The summed E-state index contributed by atoms with van der Waals surface area (Å²) in [5.74, 6) is -2.96. The van der Waals surface area contributed by atoms with Crippen molar-refractivity contribution in [2.24, 2.45) is 11.8 Å². The number of likely N-dealkylation sites (tertiary alicyclic amines) is 1. The second kappa shape index (κ2) is 8.55. The number of ether oxygens (including phenoxy) is 1. The average molecular weight is 415 g/mol. The van der Waals surface area contributed by atoms with Crippen molar-refractivity contribution in [3.05, 3.63) is 35.9 Å². The van der Waals surface area contributed by atoms with Crippen LogP contribution in [0.5, 0.6) is 0 Å². The zero-order valence-electron chi connectivity index (χ0n) is 17.9. The molecule has 0 radical (unpaired) electrons. The summed E-state index contributed by atoms with van der Waals surface area (Å²) in [4.78, 5) is 54.4. The van der Waals surface area contributed by atoms with Gasteiger partial charge in [-0.2, -0.15) is 0 Å². The number of rotatable bonds is 7. The van der Waals surface area contributed by atoms with Crippen molar-refractivity contribution in [1.82, 2.24) is 15.1 Å². The number of carbonyl (C=O) groups is 4. The summed E-state index contributed by atoms with van der Waals surface area (Å²) in [7, 11) is 1.28. The van der Waals surface area contributed by atoms with Gasteiger partial charge in [-0.25, -0.2) is 0 Å². The Balaban J connectivity index is 1.99. The van der Waals surface area contributed by atoms with E-state index in [2.05, 4.69) is 5.32 Å². The largest absolute Gasteiger partial charge is 0.468 e. The summed E-state index contributed by atoms with van der Waals surface area (Å²) < 4.78 is 5.04. The van der Waals surface area contributed by atoms with Crippen LogP contribution in [0.15, 0.2) is 30.3 Å². The summed E-state index contributed by atoms with van der Waals surface area (Å²) in [5, 5.41) is 3.24. The van der Waals surface area contributed by atoms with E-state index >= 15 is 0 Å². The number of hydrogen-bond donors (Lipinski definition) is 1. The Labute approximate surface area is 176 Å². The Kier molecular flexibility index (Phi) is 6.26. The number of benzene rings is 1. The third kappa shape index (κ3) is 3.49. The maximum atomic E-state index is 13.4. The van der Waals surface area contributed by atoms with Crippen LogP contribution in [0.1, 0.15) is 32.8 Å². The Hall–Kier alpha value is -2.74. The van der Waals surface area contributed by atoms with Gasteiger partial charge in [0.05, 0.1) is 25.5 Å². The minimum Gasteiger partial charge on any atom is -0.468 e. The van der Waals surface area contributed by atoms with Gasteiger partial charge in [-0.15, -0.1) is 0 Å². The predicted octanol–water partition coefficient (Wildman–Crippen LogP) is 0.950. The molecule has 0 aliphatic carbocycles. The van der Waals surface area contributed by atoms with Crippen molar-refractivity contribution in [1.29, 1.82) is 0 Å². The van der Waals surface area contributed by atoms with Gasteiger partial charge < -0.3 is 9.64 Å². The first kappa shape index (κ1) is 22.0. The molecule has 4 atom stereocenters. The highest BCUT2D eigenvalue weighted by atomic mass is 16.5. The second-order valence-electron chi connectivity index (χ2n) is 7.88. The van der Waals surface area contributed by atoms with Gasteiger partial charge >= 0.3 is 5.97 Å². The van der Waals surface area contributed by atoms with Gasteiger partial charge in [0, 0.05) is 26.1 Å². The summed E-state index contributed by atoms with van der Waals surface area (Å²) in [6.45, 7) is 5.98. The van der Waals surface area contributed by atoms with Gasteiger partial charge in [0.2, 0.25) is 17.7 Å². The first-order valence-electron chi connectivity index (χ1n) is 10.3. The van der Waals surface area contributed by atoms with E-state index in [1.165, 1.54) is 18.9 Å². The fourth-order valence-corrected chi connectivity index (χ4v) is 4.82. The van der Waals surface area contributed by atoms with Crippen LogP contribution in [0, 0.1) is 11.8 Å². The van der Waals surface area contributed by atoms with Crippen LogP contribution in [-0.4, -0.2) is 65.3 Å². The van der Waals surface area contributed by atoms with Crippen LogP contribution in [0.2, 0.25) is 0 Å². The lowest BCUT2D eigenvalue weighted by Gasteiger charge is -2.32. The molecule has 162 valence electrons. The lowest BCUT2D eigenvalue weighted by atomic mass is 9.78. The van der Waals surface area contributed by atoms with Gasteiger partial charge in [-0.1, -0.05) is 37.3 Å². The molecule has 30 heavy (non-hydrogen) atoms. The maximum absolute atomic E-state index is 13.4. The number of fused-ring (bicyclic) bond motifs is 1. The normalized spacial score (nSPS) is 27.9. The monoisotopic (exact) mass is 415 g/mol. The van der Waals surface area contributed by atoms with E-state index < -0.39 is 29.4 Å². The number of likely N-dealkylation sites (N-methyl/N-ethyl adjacent to an activating group) is 1. The number of nitrogens with one attached hydrogen (secondary N) is 1. The number of nitrogens with zero attached hydrogens (tertiary/aromatic N) is 2.